The number of nitrogens with one attached hydrogen (secondary N) is 2. The molecule has 3 amide bonds. The van der Waals surface area contributed by atoms with Crippen LogP contribution < -0.4 is 10.6 Å². The molecule has 7 heteroatoms. The molecule has 2 rings (SSSR count). The molecule has 1 aromatic rings. The first-order chi connectivity index (χ1) is 11.6. The quantitative estimate of drug-likeness (QED) is 0.868. The number of anilines is 1. The summed E-state index contributed by atoms with van der Waals surface area (Å²) in [4.78, 5) is 26.1. The van der Waals surface area contributed by atoms with Gasteiger partial charge in [0.25, 0.3) is 5.91 Å². The largest absolute Gasteiger partial charge is 0.377 e. The summed E-state index contributed by atoms with van der Waals surface area (Å²) in [6, 6.07) is 3.74. The van der Waals surface area contributed by atoms with Crippen LogP contribution in [0.5, 0.6) is 0 Å². The van der Waals surface area contributed by atoms with Crippen LogP contribution in [0.3, 0.4) is 0 Å². The van der Waals surface area contributed by atoms with E-state index in [-0.39, 0.29) is 17.4 Å². The second kappa shape index (κ2) is 8.63. The molecule has 0 spiro atoms. The first kappa shape index (κ1) is 18.2. The molecule has 0 aliphatic carbocycles. The van der Waals surface area contributed by atoms with Gasteiger partial charge in [0.15, 0.2) is 0 Å². The number of benzene rings is 1. The first-order valence-electron chi connectivity index (χ1n) is 8.31. The molecule has 1 saturated heterocycles. The number of carbonyl (C=O) groups is 2. The Hall–Kier alpha value is -2.15. The van der Waals surface area contributed by atoms with E-state index in [1.165, 1.54) is 18.2 Å². The fraction of sp³-hybridized carbons (Fsp3) is 0.529. The average molecular weight is 337 g/mol. The van der Waals surface area contributed by atoms with Crippen molar-refractivity contribution in [1.29, 1.82) is 0 Å². The number of hydrogen-bond acceptors (Lipinski definition) is 3. The number of urea groups is 1. The SMILES string of the molecule is CCNC(=O)Nc1cccc(F)c1C(=O)N1CCCC(OCC)C1. The minimum Gasteiger partial charge on any atom is -0.377 e. The molecule has 1 heterocycles. The molecule has 1 unspecified atom stereocenters. The number of hydrogen-bond donors (Lipinski definition) is 2. The number of amides is 3. The van der Waals surface area contributed by atoms with Crippen LogP contribution in [0.1, 0.15) is 37.0 Å². The Morgan fingerprint density at radius 2 is 2.17 bits per heavy atom. The third-order valence-electron chi connectivity index (χ3n) is 3.88. The lowest BCUT2D eigenvalue weighted by Gasteiger charge is -2.33. The fourth-order valence-electron chi connectivity index (χ4n) is 2.83. The lowest BCUT2D eigenvalue weighted by Crippen LogP contribution is -2.43. The predicted octanol–water partition coefficient (Wildman–Crippen LogP) is 2.61. The van der Waals surface area contributed by atoms with Gasteiger partial charge in [-0.25, -0.2) is 9.18 Å². The van der Waals surface area contributed by atoms with Crippen molar-refractivity contribution in [3.63, 3.8) is 0 Å². The molecule has 24 heavy (non-hydrogen) atoms. The first-order valence-corrected chi connectivity index (χ1v) is 8.31. The summed E-state index contributed by atoms with van der Waals surface area (Å²) in [6.45, 7) is 5.69. The van der Waals surface area contributed by atoms with Crippen LogP contribution in [0.15, 0.2) is 18.2 Å². The zero-order chi connectivity index (χ0) is 17.5. The van der Waals surface area contributed by atoms with Gasteiger partial charge < -0.3 is 20.3 Å². The smallest absolute Gasteiger partial charge is 0.319 e. The highest BCUT2D eigenvalue weighted by Gasteiger charge is 2.28. The van der Waals surface area contributed by atoms with Gasteiger partial charge in [-0.15, -0.1) is 0 Å². The Labute approximate surface area is 141 Å². The predicted molar refractivity (Wildman–Crippen MR) is 89.6 cm³/mol. The van der Waals surface area contributed by atoms with Crippen LogP contribution in [0, 0.1) is 5.82 Å². The van der Waals surface area contributed by atoms with Gasteiger partial charge in [-0.3, -0.25) is 4.79 Å². The fourth-order valence-corrected chi connectivity index (χ4v) is 2.83. The van der Waals surface area contributed by atoms with Crippen LogP contribution in [0.25, 0.3) is 0 Å². The molecule has 1 aliphatic rings. The lowest BCUT2D eigenvalue weighted by atomic mass is 10.1. The molecule has 6 nitrogen and oxygen atoms in total. The summed E-state index contributed by atoms with van der Waals surface area (Å²) in [6.07, 6.45) is 1.67. The van der Waals surface area contributed by atoms with Crippen molar-refractivity contribution in [3.8, 4) is 0 Å². The number of likely N-dealkylation sites (tertiary alicyclic amines) is 1. The van der Waals surface area contributed by atoms with Crippen LogP contribution >= 0.6 is 0 Å². The molecule has 0 saturated carbocycles. The van der Waals surface area contributed by atoms with E-state index >= 15 is 0 Å². The Morgan fingerprint density at radius 1 is 1.38 bits per heavy atom. The third kappa shape index (κ3) is 4.44. The van der Waals surface area contributed by atoms with E-state index in [9.17, 15) is 14.0 Å². The lowest BCUT2D eigenvalue weighted by molar-refractivity contribution is 0.00711. The summed E-state index contributed by atoms with van der Waals surface area (Å²) < 4.78 is 19.9. The molecule has 0 radical (unpaired) electrons. The Bertz CT molecular complexity index is 592. The zero-order valence-corrected chi connectivity index (χ0v) is 14.1. The highest BCUT2D eigenvalue weighted by molar-refractivity contribution is 6.03. The Kier molecular flexibility index (Phi) is 6.54. The number of piperidine rings is 1. The summed E-state index contributed by atoms with van der Waals surface area (Å²) in [7, 11) is 0. The zero-order valence-electron chi connectivity index (χ0n) is 14.1. The average Bonchev–Trinajstić information content (AvgIpc) is 2.55. The molecule has 1 atom stereocenters. The van der Waals surface area contributed by atoms with E-state index in [2.05, 4.69) is 10.6 Å². The molecule has 1 aliphatic heterocycles. The van der Waals surface area contributed by atoms with E-state index in [1.807, 2.05) is 6.92 Å². The Morgan fingerprint density at radius 3 is 2.88 bits per heavy atom. The van der Waals surface area contributed by atoms with Crippen molar-refractivity contribution in [2.45, 2.75) is 32.8 Å². The number of nitrogens with zero attached hydrogens (tertiary/aromatic N) is 1. The van der Waals surface area contributed by atoms with Gasteiger partial charge in [-0.05, 0) is 38.8 Å². The highest BCUT2D eigenvalue weighted by atomic mass is 19.1. The standard InChI is InChI=1S/C17H24FN3O3/c1-3-19-17(23)20-14-9-5-8-13(18)15(14)16(22)21-10-6-7-12(11-21)24-4-2/h5,8-9,12H,3-4,6-7,10-11H2,1-2H3,(H2,19,20,23). The van der Waals surface area contributed by atoms with Crippen molar-refractivity contribution in [3.05, 3.63) is 29.6 Å². The van der Waals surface area contributed by atoms with Gasteiger partial charge in [-0.2, -0.15) is 0 Å². The minimum absolute atomic E-state index is 0.0285. The van der Waals surface area contributed by atoms with Gasteiger partial charge in [0.05, 0.1) is 17.4 Å². The maximum absolute atomic E-state index is 14.3. The van der Waals surface area contributed by atoms with Crippen LogP contribution in [-0.2, 0) is 4.74 Å². The van der Waals surface area contributed by atoms with Crippen molar-refractivity contribution < 1.29 is 18.7 Å². The summed E-state index contributed by atoms with van der Waals surface area (Å²) in [5, 5.41) is 5.11. The molecule has 2 N–H and O–H groups in total. The van der Waals surface area contributed by atoms with Crippen molar-refractivity contribution in [1.82, 2.24) is 10.2 Å². The molecule has 1 aromatic carbocycles. The van der Waals surface area contributed by atoms with Crippen LogP contribution in [0.4, 0.5) is 14.9 Å². The van der Waals surface area contributed by atoms with Gasteiger partial charge in [0.1, 0.15) is 5.82 Å². The maximum Gasteiger partial charge on any atom is 0.319 e. The van der Waals surface area contributed by atoms with Crippen LogP contribution in [-0.4, -0.2) is 49.2 Å². The summed E-state index contributed by atoms with van der Waals surface area (Å²) in [5.74, 6) is -1.07. The summed E-state index contributed by atoms with van der Waals surface area (Å²) in [5.41, 5.74) is 0.0605. The van der Waals surface area contributed by atoms with E-state index in [0.717, 1.165) is 12.8 Å². The number of rotatable bonds is 5. The van der Waals surface area contributed by atoms with E-state index in [0.29, 0.717) is 26.2 Å². The van der Waals surface area contributed by atoms with Crippen LogP contribution in [0.2, 0.25) is 0 Å². The van der Waals surface area contributed by atoms with Gasteiger partial charge in [0, 0.05) is 26.2 Å². The molecular formula is C17H24FN3O3. The minimum atomic E-state index is -0.646. The summed E-state index contributed by atoms with van der Waals surface area (Å²) >= 11 is 0. The Balaban J connectivity index is 2.20. The second-order valence-electron chi connectivity index (χ2n) is 5.62. The number of carbonyl (C=O) groups excluding carboxylic acids is 2. The maximum atomic E-state index is 14.3. The number of halogens is 1. The number of ether oxygens (including phenoxy) is 1. The second-order valence-corrected chi connectivity index (χ2v) is 5.62. The molecular weight excluding hydrogens is 313 g/mol. The van der Waals surface area contributed by atoms with E-state index in [4.69, 9.17) is 4.74 Å². The van der Waals surface area contributed by atoms with E-state index < -0.39 is 17.8 Å². The van der Waals surface area contributed by atoms with Gasteiger partial charge >= 0.3 is 6.03 Å². The van der Waals surface area contributed by atoms with E-state index in [1.54, 1.807) is 11.8 Å². The van der Waals surface area contributed by atoms with Crippen molar-refractivity contribution >= 4 is 17.6 Å². The molecule has 0 bridgehead atoms. The molecule has 132 valence electrons. The normalized spacial score (nSPS) is 17.5. The molecule has 1 fully saturated rings. The van der Waals surface area contributed by atoms with Crippen molar-refractivity contribution in [2.75, 3.05) is 31.6 Å². The molecule has 0 aromatic heterocycles. The topological polar surface area (TPSA) is 70.7 Å². The third-order valence-corrected chi connectivity index (χ3v) is 3.88. The van der Waals surface area contributed by atoms with Crippen molar-refractivity contribution in [2.24, 2.45) is 0 Å². The van der Waals surface area contributed by atoms with Gasteiger partial charge in [0.2, 0.25) is 0 Å². The highest BCUT2D eigenvalue weighted by Crippen LogP contribution is 2.23. The monoisotopic (exact) mass is 337 g/mol. The van der Waals surface area contributed by atoms with Gasteiger partial charge in [-0.1, -0.05) is 6.07 Å².